The summed E-state index contributed by atoms with van der Waals surface area (Å²) in [6, 6.07) is 18.3. The number of hydrogen-bond donors (Lipinski definition) is 2. The Morgan fingerprint density at radius 2 is 1.81 bits per heavy atom. The molecule has 2 saturated heterocycles. The van der Waals surface area contributed by atoms with Crippen LogP contribution in [0.4, 0.5) is 0 Å². The predicted octanol–water partition coefficient (Wildman–Crippen LogP) is 4.08. The zero-order valence-electron chi connectivity index (χ0n) is 15.4. The molecule has 5 nitrogen and oxygen atoms in total. The average molecular weight is 479 g/mol. The summed E-state index contributed by atoms with van der Waals surface area (Å²) in [7, 11) is 1.81. The second-order valence-corrected chi connectivity index (χ2v) is 6.85. The van der Waals surface area contributed by atoms with Crippen molar-refractivity contribution in [2.24, 2.45) is 4.99 Å². The molecule has 0 aliphatic carbocycles. The summed E-state index contributed by atoms with van der Waals surface area (Å²) in [4.78, 5) is 4.34. The smallest absolute Gasteiger partial charge is 0.191 e. The van der Waals surface area contributed by atoms with Crippen LogP contribution in [0.1, 0.15) is 24.8 Å². The average Bonchev–Trinajstić information content (AvgIpc) is 3.30. The van der Waals surface area contributed by atoms with E-state index >= 15 is 0 Å². The molecule has 0 aromatic heterocycles. The molecule has 2 aromatic carbocycles. The van der Waals surface area contributed by atoms with Crippen LogP contribution in [0.2, 0.25) is 0 Å². The number of benzene rings is 2. The molecule has 0 amide bonds. The summed E-state index contributed by atoms with van der Waals surface area (Å²) in [5, 5.41) is 6.88. The Morgan fingerprint density at radius 1 is 1.07 bits per heavy atom. The summed E-state index contributed by atoms with van der Waals surface area (Å²) >= 11 is 0. The van der Waals surface area contributed by atoms with Crippen molar-refractivity contribution >= 4 is 29.9 Å². The van der Waals surface area contributed by atoms with Crippen LogP contribution in [0.5, 0.6) is 11.5 Å². The Labute approximate surface area is 177 Å². The van der Waals surface area contributed by atoms with Gasteiger partial charge < -0.3 is 20.1 Å². The topological polar surface area (TPSA) is 54.9 Å². The predicted molar refractivity (Wildman–Crippen MR) is 118 cm³/mol. The monoisotopic (exact) mass is 479 g/mol. The number of para-hydroxylation sites is 1. The number of nitrogens with one attached hydrogen (secondary N) is 2. The lowest BCUT2D eigenvalue weighted by Gasteiger charge is -2.22. The Bertz CT molecular complexity index is 752. The minimum absolute atomic E-state index is 0. The highest BCUT2D eigenvalue weighted by atomic mass is 127. The fourth-order valence-electron chi connectivity index (χ4n) is 3.65. The molecule has 27 heavy (non-hydrogen) atoms. The molecule has 2 heterocycles. The Kier molecular flexibility index (Phi) is 6.95. The minimum atomic E-state index is 0. The number of aliphatic imine (C=N–C) groups is 1. The van der Waals surface area contributed by atoms with Gasteiger partial charge in [-0.15, -0.1) is 24.0 Å². The van der Waals surface area contributed by atoms with Gasteiger partial charge in [-0.05, 0) is 49.1 Å². The highest BCUT2D eigenvalue weighted by Gasteiger charge is 2.41. The van der Waals surface area contributed by atoms with Crippen LogP contribution in [0.3, 0.4) is 0 Å². The van der Waals surface area contributed by atoms with Crippen LogP contribution < -0.4 is 15.4 Å². The van der Waals surface area contributed by atoms with Crippen molar-refractivity contribution in [2.75, 3.05) is 7.05 Å². The molecule has 4 rings (SSSR count). The van der Waals surface area contributed by atoms with E-state index in [9.17, 15) is 0 Å². The summed E-state index contributed by atoms with van der Waals surface area (Å²) in [6.07, 6.45) is 4.21. The maximum atomic E-state index is 5.90. The van der Waals surface area contributed by atoms with E-state index in [0.29, 0.717) is 24.8 Å². The Hall–Kier alpha value is -1.80. The van der Waals surface area contributed by atoms with E-state index in [1.807, 2.05) is 42.5 Å². The molecule has 3 atom stereocenters. The number of fused-ring (bicyclic) bond motifs is 2. The van der Waals surface area contributed by atoms with Gasteiger partial charge in [0.25, 0.3) is 0 Å². The zero-order valence-corrected chi connectivity index (χ0v) is 17.8. The maximum absolute atomic E-state index is 5.90. The van der Waals surface area contributed by atoms with Gasteiger partial charge in [-0.2, -0.15) is 0 Å². The van der Waals surface area contributed by atoms with Gasteiger partial charge >= 0.3 is 0 Å². The van der Waals surface area contributed by atoms with Gasteiger partial charge in [-0.3, -0.25) is 4.99 Å². The van der Waals surface area contributed by atoms with Crippen LogP contribution in [-0.2, 0) is 11.3 Å². The molecular formula is C21H26IN3O2. The highest BCUT2D eigenvalue weighted by molar-refractivity contribution is 14.0. The third-order valence-corrected chi connectivity index (χ3v) is 5.01. The van der Waals surface area contributed by atoms with Gasteiger partial charge in [-0.1, -0.05) is 30.3 Å². The molecule has 6 heteroatoms. The van der Waals surface area contributed by atoms with Crippen molar-refractivity contribution in [1.82, 2.24) is 10.6 Å². The van der Waals surface area contributed by atoms with Crippen LogP contribution >= 0.6 is 24.0 Å². The molecule has 2 bridgehead atoms. The number of ether oxygens (including phenoxy) is 2. The minimum Gasteiger partial charge on any atom is -0.457 e. The van der Waals surface area contributed by atoms with Gasteiger partial charge in [0, 0.05) is 13.6 Å². The number of hydrogen-bond acceptors (Lipinski definition) is 3. The van der Waals surface area contributed by atoms with E-state index in [0.717, 1.165) is 30.3 Å². The van der Waals surface area contributed by atoms with Gasteiger partial charge in [0.15, 0.2) is 5.96 Å². The number of guanidine groups is 1. The standard InChI is InChI=1S/C21H25N3O2.HI/c1-22-21(24-19-13-18-11-12-20(19)26-18)23-14-15-7-9-17(10-8-15)25-16-5-3-2-4-6-16;/h2-10,18-20H,11-14H2,1H3,(H2,22,23,24);1H. The molecule has 2 fully saturated rings. The molecule has 3 unspecified atom stereocenters. The van der Waals surface area contributed by atoms with Gasteiger partial charge in [0.2, 0.25) is 0 Å². The van der Waals surface area contributed by atoms with Crippen molar-refractivity contribution in [3.8, 4) is 11.5 Å². The lowest BCUT2D eigenvalue weighted by atomic mass is 9.96. The summed E-state index contributed by atoms with van der Waals surface area (Å²) in [6.45, 7) is 0.715. The van der Waals surface area contributed by atoms with Crippen molar-refractivity contribution in [1.29, 1.82) is 0 Å². The Balaban J connectivity index is 0.00000210. The first-order valence-corrected chi connectivity index (χ1v) is 9.24. The molecule has 2 N–H and O–H groups in total. The summed E-state index contributed by atoms with van der Waals surface area (Å²) < 4.78 is 11.7. The maximum Gasteiger partial charge on any atom is 0.191 e. The SMILES string of the molecule is CN=C(NCc1ccc(Oc2ccccc2)cc1)NC1CC2CCC1O2.I. The summed E-state index contributed by atoms with van der Waals surface area (Å²) in [5.74, 6) is 2.51. The van der Waals surface area contributed by atoms with Crippen LogP contribution in [-0.4, -0.2) is 31.3 Å². The fourth-order valence-corrected chi connectivity index (χ4v) is 3.65. The number of nitrogens with zero attached hydrogens (tertiary/aromatic N) is 1. The van der Waals surface area contributed by atoms with Crippen molar-refractivity contribution < 1.29 is 9.47 Å². The molecule has 0 saturated carbocycles. The van der Waals surface area contributed by atoms with E-state index in [1.165, 1.54) is 12.0 Å². The van der Waals surface area contributed by atoms with Crippen LogP contribution in [0.15, 0.2) is 59.6 Å². The van der Waals surface area contributed by atoms with Gasteiger partial charge in [-0.25, -0.2) is 0 Å². The van der Waals surface area contributed by atoms with Gasteiger partial charge in [0.1, 0.15) is 11.5 Å². The van der Waals surface area contributed by atoms with E-state index < -0.39 is 0 Å². The molecular weight excluding hydrogens is 453 g/mol. The Morgan fingerprint density at radius 3 is 2.44 bits per heavy atom. The van der Waals surface area contributed by atoms with Crippen molar-refractivity contribution in [3.05, 3.63) is 60.2 Å². The van der Waals surface area contributed by atoms with Gasteiger partial charge in [0.05, 0.1) is 18.2 Å². The molecule has 0 spiro atoms. The first-order valence-electron chi connectivity index (χ1n) is 9.24. The third kappa shape index (κ3) is 5.13. The second kappa shape index (κ2) is 9.41. The number of halogens is 1. The van der Waals surface area contributed by atoms with Crippen LogP contribution in [0, 0.1) is 0 Å². The second-order valence-electron chi connectivity index (χ2n) is 6.85. The highest BCUT2D eigenvalue weighted by Crippen LogP contribution is 2.34. The quantitative estimate of drug-likeness (QED) is 0.386. The van der Waals surface area contributed by atoms with E-state index in [4.69, 9.17) is 9.47 Å². The zero-order chi connectivity index (χ0) is 17.8. The van der Waals surface area contributed by atoms with Crippen molar-refractivity contribution in [3.63, 3.8) is 0 Å². The van der Waals surface area contributed by atoms with E-state index in [1.54, 1.807) is 7.05 Å². The van der Waals surface area contributed by atoms with Crippen molar-refractivity contribution in [2.45, 2.75) is 44.1 Å². The first-order chi connectivity index (χ1) is 12.8. The third-order valence-electron chi connectivity index (χ3n) is 5.01. The molecule has 0 radical (unpaired) electrons. The van der Waals surface area contributed by atoms with Crippen LogP contribution in [0.25, 0.3) is 0 Å². The molecule has 2 aliphatic heterocycles. The molecule has 2 aromatic rings. The fraction of sp³-hybridized carbons (Fsp3) is 0.381. The number of rotatable bonds is 5. The normalized spacial score (nSPS) is 23.6. The van der Waals surface area contributed by atoms with E-state index in [2.05, 4.69) is 27.8 Å². The lowest BCUT2D eigenvalue weighted by molar-refractivity contribution is 0.0992. The molecule has 2 aliphatic rings. The molecule has 144 valence electrons. The largest absolute Gasteiger partial charge is 0.457 e. The van der Waals surface area contributed by atoms with E-state index in [-0.39, 0.29) is 24.0 Å². The lowest BCUT2D eigenvalue weighted by Crippen LogP contribution is -2.47. The first kappa shape index (κ1) is 19.9. The summed E-state index contributed by atoms with van der Waals surface area (Å²) in [5.41, 5.74) is 1.18.